The molecule has 0 atom stereocenters. The fraction of sp³-hybridized carbons (Fsp3) is 0.200. The van der Waals surface area contributed by atoms with Gasteiger partial charge in [-0.1, -0.05) is 12.1 Å². The van der Waals surface area contributed by atoms with Gasteiger partial charge in [-0.3, -0.25) is 9.59 Å². The Balaban J connectivity index is 1.48. The third kappa shape index (κ3) is 4.94. The van der Waals surface area contributed by atoms with Gasteiger partial charge in [0.15, 0.2) is 0 Å². The number of hydrogen-bond acceptors (Lipinski definition) is 5. The number of aryl methyl sites for hydroxylation is 1. The predicted octanol–water partition coefficient (Wildman–Crippen LogP) is 1.88. The van der Waals surface area contributed by atoms with Gasteiger partial charge in [0.1, 0.15) is 18.4 Å². The van der Waals surface area contributed by atoms with Crippen molar-refractivity contribution >= 4 is 17.5 Å². The van der Waals surface area contributed by atoms with Gasteiger partial charge in [0.05, 0.1) is 25.8 Å². The van der Waals surface area contributed by atoms with Crippen LogP contribution < -0.4 is 15.4 Å². The molecule has 3 rings (SSSR count). The van der Waals surface area contributed by atoms with Gasteiger partial charge in [-0.05, 0) is 48.4 Å². The average molecular weight is 379 g/mol. The molecule has 8 nitrogen and oxygen atoms in total. The average Bonchev–Trinajstić information content (AvgIpc) is 3.23. The largest absolute Gasteiger partial charge is 0.496 e. The van der Waals surface area contributed by atoms with E-state index in [1.807, 2.05) is 37.3 Å². The highest BCUT2D eigenvalue weighted by Crippen LogP contribution is 2.19. The smallest absolute Gasteiger partial charge is 0.243 e. The zero-order valence-electron chi connectivity index (χ0n) is 15.7. The highest BCUT2D eigenvalue weighted by Gasteiger charge is 2.09. The number of benzene rings is 2. The van der Waals surface area contributed by atoms with Crippen molar-refractivity contribution in [3.05, 3.63) is 66.2 Å². The van der Waals surface area contributed by atoms with Crippen LogP contribution in [0.3, 0.4) is 0 Å². The first-order valence-electron chi connectivity index (χ1n) is 8.70. The van der Waals surface area contributed by atoms with Crippen molar-refractivity contribution in [3.8, 4) is 11.4 Å². The van der Waals surface area contributed by atoms with Crippen LogP contribution in [0.25, 0.3) is 5.69 Å². The number of nitrogens with zero attached hydrogens (tertiary/aromatic N) is 3. The number of anilines is 1. The molecule has 144 valence electrons. The second kappa shape index (κ2) is 8.81. The molecule has 0 radical (unpaired) electrons. The number of rotatable bonds is 7. The van der Waals surface area contributed by atoms with Gasteiger partial charge in [0, 0.05) is 5.69 Å². The number of hydrogen-bond donors (Lipinski definition) is 2. The Morgan fingerprint density at radius 3 is 2.57 bits per heavy atom. The first-order valence-corrected chi connectivity index (χ1v) is 8.70. The number of amides is 2. The van der Waals surface area contributed by atoms with Gasteiger partial charge in [0.2, 0.25) is 11.8 Å². The van der Waals surface area contributed by atoms with Crippen molar-refractivity contribution in [1.29, 1.82) is 0 Å². The molecule has 0 spiro atoms. The first-order chi connectivity index (χ1) is 13.5. The van der Waals surface area contributed by atoms with Crippen LogP contribution in [-0.2, 0) is 16.0 Å². The van der Waals surface area contributed by atoms with Crippen molar-refractivity contribution in [2.75, 3.05) is 19.0 Å². The molecule has 3 aromatic rings. The Bertz CT molecular complexity index is 952. The minimum absolute atomic E-state index is 0.105. The SMILES string of the molecule is COc1cc(CC(=O)NCC(=O)Nc2ccc(-n3cncn3)cc2)ccc1C. The van der Waals surface area contributed by atoms with E-state index in [-0.39, 0.29) is 24.8 Å². The second-order valence-electron chi connectivity index (χ2n) is 6.19. The van der Waals surface area contributed by atoms with Gasteiger partial charge >= 0.3 is 0 Å². The van der Waals surface area contributed by atoms with Crippen LogP contribution in [0.4, 0.5) is 5.69 Å². The molecular formula is C20H21N5O3. The highest BCUT2D eigenvalue weighted by molar-refractivity contribution is 5.94. The van der Waals surface area contributed by atoms with E-state index in [2.05, 4.69) is 20.7 Å². The number of nitrogens with one attached hydrogen (secondary N) is 2. The molecule has 0 unspecified atom stereocenters. The van der Waals surface area contributed by atoms with Crippen LogP contribution in [0.2, 0.25) is 0 Å². The van der Waals surface area contributed by atoms with Crippen molar-refractivity contribution in [1.82, 2.24) is 20.1 Å². The monoisotopic (exact) mass is 379 g/mol. The van der Waals surface area contributed by atoms with E-state index in [4.69, 9.17) is 4.74 Å². The van der Waals surface area contributed by atoms with Crippen LogP contribution >= 0.6 is 0 Å². The summed E-state index contributed by atoms with van der Waals surface area (Å²) in [7, 11) is 1.59. The summed E-state index contributed by atoms with van der Waals surface area (Å²) in [5.41, 5.74) is 3.29. The lowest BCUT2D eigenvalue weighted by Crippen LogP contribution is -2.33. The Morgan fingerprint density at radius 1 is 1.11 bits per heavy atom. The highest BCUT2D eigenvalue weighted by atomic mass is 16.5. The summed E-state index contributed by atoms with van der Waals surface area (Å²) in [5, 5.41) is 9.40. The zero-order valence-corrected chi connectivity index (χ0v) is 15.7. The van der Waals surface area contributed by atoms with E-state index in [9.17, 15) is 9.59 Å². The summed E-state index contributed by atoms with van der Waals surface area (Å²) in [4.78, 5) is 28.0. The Hall–Kier alpha value is -3.68. The maximum atomic E-state index is 12.1. The molecule has 0 aliphatic carbocycles. The van der Waals surface area contributed by atoms with E-state index in [1.54, 1.807) is 30.3 Å². The van der Waals surface area contributed by atoms with E-state index in [0.717, 1.165) is 22.6 Å². The summed E-state index contributed by atoms with van der Waals surface area (Å²) in [6.07, 6.45) is 3.22. The van der Waals surface area contributed by atoms with Crippen LogP contribution in [0, 0.1) is 6.92 Å². The number of methoxy groups -OCH3 is 1. The van der Waals surface area contributed by atoms with Crippen LogP contribution in [-0.4, -0.2) is 40.2 Å². The molecule has 0 fully saturated rings. The van der Waals surface area contributed by atoms with Crippen molar-refractivity contribution < 1.29 is 14.3 Å². The summed E-state index contributed by atoms with van der Waals surface area (Å²) in [6.45, 7) is 1.83. The zero-order chi connectivity index (χ0) is 19.9. The molecule has 28 heavy (non-hydrogen) atoms. The normalized spacial score (nSPS) is 10.4. The Kier molecular flexibility index (Phi) is 6.01. The molecule has 0 aliphatic rings. The predicted molar refractivity (Wildman–Crippen MR) is 104 cm³/mol. The first kappa shape index (κ1) is 19.1. The van der Waals surface area contributed by atoms with Gasteiger partial charge in [0.25, 0.3) is 0 Å². The maximum Gasteiger partial charge on any atom is 0.243 e. The topological polar surface area (TPSA) is 98.1 Å². The van der Waals surface area contributed by atoms with Crippen molar-refractivity contribution in [2.24, 2.45) is 0 Å². The third-order valence-corrected chi connectivity index (χ3v) is 4.12. The molecule has 0 saturated carbocycles. The van der Waals surface area contributed by atoms with Gasteiger partial charge in [-0.15, -0.1) is 0 Å². The fourth-order valence-electron chi connectivity index (χ4n) is 2.65. The summed E-state index contributed by atoms with van der Waals surface area (Å²) < 4.78 is 6.88. The number of carbonyl (C=O) groups excluding carboxylic acids is 2. The molecule has 0 aliphatic heterocycles. The summed E-state index contributed by atoms with van der Waals surface area (Å²) in [5.74, 6) is 0.198. The molecule has 1 heterocycles. The molecule has 2 aromatic carbocycles. The van der Waals surface area contributed by atoms with Gasteiger partial charge < -0.3 is 15.4 Å². The minimum Gasteiger partial charge on any atom is -0.496 e. The molecule has 0 saturated heterocycles. The molecule has 2 amide bonds. The van der Waals surface area contributed by atoms with Crippen molar-refractivity contribution in [2.45, 2.75) is 13.3 Å². The second-order valence-corrected chi connectivity index (χ2v) is 6.19. The molecule has 8 heteroatoms. The number of ether oxygens (including phenoxy) is 1. The number of aromatic nitrogens is 3. The lowest BCUT2D eigenvalue weighted by atomic mass is 10.1. The Morgan fingerprint density at radius 2 is 1.89 bits per heavy atom. The van der Waals surface area contributed by atoms with Crippen LogP contribution in [0.15, 0.2) is 55.1 Å². The fourth-order valence-corrected chi connectivity index (χ4v) is 2.65. The van der Waals surface area contributed by atoms with E-state index >= 15 is 0 Å². The molecule has 1 aromatic heterocycles. The van der Waals surface area contributed by atoms with E-state index in [1.165, 1.54) is 6.33 Å². The quantitative estimate of drug-likeness (QED) is 0.653. The minimum atomic E-state index is -0.302. The van der Waals surface area contributed by atoms with Gasteiger partial charge in [-0.25, -0.2) is 9.67 Å². The summed E-state index contributed by atoms with van der Waals surface area (Å²) in [6, 6.07) is 12.7. The van der Waals surface area contributed by atoms with Crippen LogP contribution in [0.5, 0.6) is 5.75 Å². The van der Waals surface area contributed by atoms with E-state index in [0.29, 0.717) is 5.69 Å². The van der Waals surface area contributed by atoms with Gasteiger partial charge in [-0.2, -0.15) is 5.10 Å². The van der Waals surface area contributed by atoms with E-state index < -0.39 is 0 Å². The summed E-state index contributed by atoms with van der Waals surface area (Å²) >= 11 is 0. The molecule has 0 bridgehead atoms. The number of carbonyl (C=O) groups is 2. The Labute approximate surface area is 162 Å². The standard InChI is InChI=1S/C20H21N5O3/c1-14-3-4-15(9-18(14)28-2)10-19(26)22-11-20(27)24-16-5-7-17(8-6-16)25-13-21-12-23-25/h3-9,12-13H,10-11H2,1-2H3,(H,22,26)(H,24,27). The maximum absolute atomic E-state index is 12.1. The lowest BCUT2D eigenvalue weighted by molar-refractivity contribution is -0.123. The lowest BCUT2D eigenvalue weighted by Gasteiger charge is -2.09. The van der Waals surface area contributed by atoms with Crippen molar-refractivity contribution in [3.63, 3.8) is 0 Å². The molecular weight excluding hydrogens is 358 g/mol. The molecule has 2 N–H and O–H groups in total. The third-order valence-electron chi connectivity index (χ3n) is 4.12. The van der Waals surface area contributed by atoms with Crippen LogP contribution in [0.1, 0.15) is 11.1 Å².